The standard InChI is InChI=1S/C8H8/c1-5-3-4-7-6(2)8(5)7/h3-4,7-8H,1-2H2. The molecule has 0 spiro atoms. The third kappa shape index (κ3) is 0.280. The topological polar surface area (TPSA) is 0 Å². The van der Waals surface area contributed by atoms with Gasteiger partial charge in [0.25, 0.3) is 0 Å². The van der Waals surface area contributed by atoms with Crippen molar-refractivity contribution in [2.24, 2.45) is 11.8 Å². The summed E-state index contributed by atoms with van der Waals surface area (Å²) in [5, 5.41) is 0. The molecule has 2 unspecified atom stereocenters. The third-order valence-electron chi connectivity index (χ3n) is 1.99. The largest absolute Gasteiger partial charge is 0.0986 e. The van der Waals surface area contributed by atoms with Crippen LogP contribution in [0.1, 0.15) is 0 Å². The van der Waals surface area contributed by atoms with Crippen LogP contribution in [-0.4, -0.2) is 0 Å². The lowest BCUT2D eigenvalue weighted by atomic mass is 10.2. The van der Waals surface area contributed by atoms with Gasteiger partial charge in [0, 0.05) is 11.8 Å². The van der Waals surface area contributed by atoms with Crippen LogP contribution in [0.5, 0.6) is 0 Å². The minimum Gasteiger partial charge on any atom is -0.0986 e. The molecular formula is C8H8. The monoisotopic (exact) mass is 104 g/mol. The second kappa shape index (κ2) is 0.970. The van der Waals surface area contributed by atoms with Gasteiger partial charge in [-0.1, -0.05) is 30.9 Å². The second-order valence-corrected chi connectivity index (χ2v) is 2.51. The van der Waals surface area contributed by atoms with E-state index in [-0.39, 0.29) is 0 Å². The van der Waals surface area contributed by atoms with Crippen LogP contribution in [0.4, 0.5) is 0 Å². The number of hydrogen-bond donors (Lipinski definition) is 0. The van der Waals surface area contributed by atoms with Gasteiger partial charge < -0.3 is 0 Å². The van der Waals surface area contributed by atoms with Crippen LogP contribution >= 0.6 is 0 Å². The highest BCUT2D eigenvalue weighted by atomic mass is 14.5. The Morgan fingerprint density at radius 3 is 2.38 bits per heavy atom. The highest BCUT2D eigenvalue weighted by molar-refractivity contribution is 5.51. The van der Waals surface area contributed by atoms with Gasteiger partial charge in [-0.25, -0.2) is 0 Å². The van der Waals surface area contributed by atoms with Crippen molar-refractivity contribution in [1.82, 2.24) is 0 Å². The third-order valence-corrected chi connectivity index (χ3v) is 1.99. The van der Waals surface area contributed by atoms with Gasteiger partial charge in [0.15, 0.2) is 0 Å². The maximum atomic E-state index is 3.89. The van der Waals surface area contributed by atoms with Crippen LogP contribution < -0.4 is 0 Å². The Bertz CT molecular complexity index is 196. The fourth-order valence-corrected chi connectivity index (χ4v) is 1.37. The summed E-state index contributed by atoms with van der Waals surface area (Å²) in [5.74, 6) is 1.33. The van der Waals surface area contributed by atoms with Crippen molar-refractivity contribution < 1.29 is 0 Å². The van der Waals surface area contributed by atoms with Gasteiger partial charge >= 0.3 is 0 Å². The molecule has 2 aliphatic rings. The molecule has 0 heterocycles. The minimum atomic E-state index is 0.648. The van der Waals surface area contributed by atoms with Crippen LogP contribution in [0, 0.1) is 11.8 Å². The fraction of sp³-hybridized carbons (Fsp3) is 0.250. The summed E-state index contributed by atoms with van der Waals surface area (Å²) in [6.07, 6.45) is 4.29. The summed E-state index contributed by atoms with van der Waals surface area (Å²) in [4.78, 5) is 0. The predicted molar refractivity (Wildman–Crippen MR) is 34.4 cm³/mol. The molecule has 2 aliphatic carbocycles. The molecule has 0 aromatic heterocycles. The summed E-state index contributed by atoms with van der Waals surface area (Å²) < 4.78 is 0. The molecule has 0 amide bonds. The summed E-state index contributed by atoms with van der Waals surface area (Å²) in [6.45, 7) is 7.77. The molecule has 0 aliphatic heterocycles. The molecule has 2 rings (SSSR count). The molecule has 1 fully saturated rings. The molecule has 1 saturated carbocycles. The van der Waals surface area contributed by atoms with Crippen LogP contribution in [0.15, 0.2) is 36.5 Å². The molecule has 0 bridgehead atoms. The smallest absolute Gasteiger partial charge is 0.0146 e. The number of allylic oxidation sites excluding steroid dienone is 4. The fourth-order valence-electron chi connectivity index (χ4n) is 1.37. The lowest BCUT2D eigenvalue weighted by molar-refractivity contribution is 1.01. The number of fused-ring (bicyclic) bond motifs is 1. The Hall–Kier alpha value is -0.780. The molecule has 0 saturated heterocycles. The summed E-state index contributed by atoms with van der Waals surface area (Å²) in [6, 6.07) is 0. The Morgan fingerprint density at radius 1 is 1.38 bits per heavy atom. The van der Waals surface area contributed by atoms with E-state index in [0.29, 0.717) is 11.8 Å². The van der Waals surface area contributed by atoms with Crippen LogP contribution in [0.2, 0.25) is 0 Å². The SMILES string of the molecule is C=C1C=CC2C(=C)C12. The molecule has 0 nitrogen and oxygen atoms in total. The molecule has 0 N–H and O–H groups in total. The Labute approximate surface area is 49.2 Å². The first kappa shape index (κ1) is 4.13. The van der Waals surface area contributed by atoms with Gasteiger partial charge in [0.05, 0.1) is 0 Å². The van der Waals surface area contributed by atoms with Crippen molar-refractivity contribution in [2.45, 2.75) is 0 Å². The van der Waals surface area contributed by atoms with E-state index in [1.807, 2.05) is 0 Å². The van der Waals surface area contributed by atoms with E-state index in [4.69, 9.17) is 0 Å². The van der Waals surface area contributed by atoms with Gasteiger partial charge in [0.2, 0.25) is 0 Å². The van der Waals surface area contributed by atoms with Crippen LogP contribution in [0.3, 0.4) is 0 Å². The average molecular weight is 104 g/mol. The highest BCUT2D eigenvalue weighted by Gasteiger charge is 2.44. The molecule has 0 radical (unpaired) electrons. The lowest BCUT2D eigenvalue weighted by Gasteiger charge is -1.84. The van der Waals surface area contributed by atoms with Crippen LogP contribution in [-0.2, 0) is 0 Å². The van der Waals surface area contributed by atoms with Crippen molar-refractivity contribution in [3.8, 4) is 0 Å². The maximum Gasteiger partial charge on any atom is 0.0146 e. The summed E-state index contributed by atoms with van der Waals surface area (Å²) in [5.41, 5.74) is 2.61. The van der Waals surface area contributed by atoms with Crippen LogP contribution in [0.25, 0.3) is 0 Å². The van der Waals surface area contributed by atoms with E-state index in [1.165, 1.54) is 11.1 Å². The van der Waals surface area contributed by atoms with E-state index in [0.717, 1.165) is 0 Å². The molecular weight excluding hydrogens is 96.1 g/mol. The van der Waals surface area contributed by atoms with Gasteiger partial charge in [-0.3, -0.25) is 0 Å². The van der Waals surface area contributed by atoms with Gasteiger partial charge in [-0.15, -0.1) is 0 Å². The zero-order valence-corrected chi connectivity index (χ0v) is 4.72. The summed E-state index contributed by atoms with van der Waals surface area (Å²) in [7, 11) is 0. The lowest BCUT2D eigenvalue weighted by Crippen LogP contribution is -1.70. The van der Waals surface area contributed by atoms with Gasteiger partial charge in [-0.2, -0.15) is 0 Å². The quantitative estimate of drug-likeness (QED) is 0.412. The van der Waals surface area contributed by atoms with E-state index >= 15 is 0 Å². The minimum absolute atomic E-state index is 0.648. The van der Waals surface area contributed by atoms with E-state index in [9.17, 15) is 0 Å². The normalized spacial score (nSPS) is 40.5. The van der Waals surface area contributed by atoms with Crippen molar-refractivity contribution in [3.63, 3.8) is 0 Å². The zero-order chi connectivity index (χ0) is 5.72. The molecule has 2 atom stereocenters. The van der Waals surface area contributed by atoms with E-state index in [1.54, 1.807) is 0 Å². The Kier molecular flexibility index (Phi) is 0.501. The first-order valence-electron chi connectivity index (χ1n) is 2.86. The molecule has 40 valence electrons. The highest BCUT2D eigenvalue weighted by Crippen LogP contribution is 2.54. The zero-order valence-electron chi connectivity index (χ0n) is 4.72. The van der Waals surface area contributed by atoms with E-state index in [2.05, 4.69) is 25.3 Å². The molecule has 0 aromatic rings. The first-order valence-corrected chi connectivity index (χ1v) is 2.86. The van der Waals surface area contributed by atoms with E-state index < -0.39 is 0 Å². The van der Waals surface area contributed by atoms with Gasteiger partial charge in [0.1, 0.15) is 0 Å². The molecule has 8 heavy (non-hydrogen) atoms. The average Bonchev–Trinajstić information content (AvgIpc) is 2.13. The number of rotatable bonds is 0. The Morgan fingerprint density at radius 2 is 2.12 bits per heavy atom. The first-order chi connectivity index (χ1) is 3.80. The van der Waals surface area contributed by atoms with Gasteiger partial charge in [-0.05, 0) is 5.57 Å². The predicted octanol–water partition coefficient (Wildman–Crippen LogP) is 1.91. The van der Waals surface area contributed by atoms with Crippen molar-refractivity contribution in [2.75, 3.05) is 0 Å². The molecule has 0 heteroatoms. The van der Waals surface area contributed by atoms with Crippen molar-refractivity contribution in [1.29, 1.82) is 0 Å². The van der Waals surface area contributed by atoms with Crippen molar-refractivity contribution >= 4 is 0 Å². The maximum absolute atomic E-state index is 3.89. The summed E-state index contributed by atoms with van der Waals surface area (Å²) >= 11 is 0. The number of hydrogen-bond acceptors (Lipinski definition) is 0. The molecule has 0 aromatic carbocycles. The van der Waals surface area contributed by atoms with Crippen molar-refractivity contribution in [3.05, 3.63) is 36.5 Å². The second-order valence-electron chi connectivity index (χ2n) is 2.51. The Balaban J connectivity index is 2.42.